The Labute approximate surface area is 253 Å². The molecule has 0 spiro atoms. The molecule has 1 aromatic carbocycles. The number of carbonyl (C=O) groups is 2. The molecule has 2 aliphatic heterocycles. The zero-order valence-corrected chi connectivity index (χ0v) is 25.2. The van der Waals surface area contributed by atoms with Gasteiger partial charge >= 0.3 is 6.09 Å². The van der Waals surface area contributed by atoms with Crippen LogP contribution in [0, 0.1) is 0 Å². The molecule has 13 nitrogen and oxygen atoms in total. The Morgan fingerprint density at radius 3 is 2.77 bits per heavy atom. The summed E-state index contributed by atoms with van der Waals surface area (Å²) in [7, 11) is 1.38. The van der Waals surface area contributed by atoms with Gasteiger partial charge in [-0.1, -0.05) is 32.9 Å². The van der Waals surface area contributed by atoms with Gasteiger partial charge in [0.05, 0.1) is 13.7 Å². The molecule has 1 N–H and O–H groups in total. The average Bonchev–Trinajstić information content (AvgIpc) is 3.27. The summed E-state index contributed by atoms with van der Waals surface area (Å²) in [6.45, 7) is 11.6. The zero-order valence-electron chi connectivity index (χ0n) is 25.2. The van der Waals surface area contributed by atoms with Gasteiger partial charge in [0.2, 0.25) is 5.95 Å². The minimum absolute atomic E-state index is 0.0508. The number of nitrogens with one attached hydrogen (secondary N) is 1. The summed E-state index contributed by atoms with van der Waals surface area (Å²) in [5, 5.41) is 3.56. The normalized spacial score (nSPS) is 15.4. The maximum atomic E-state index is 13.5. The van der Waals surface area contributed by atoms with Crippen molar-refractivity contribution < 1.29 is 19.1 Å². The van der Waals surface area contributed by atoms with Gasteiger partial charge in [-0.25, -0.2) is 24.1 Å². The lowest BCUT2D eigenvalue weighted by atomic mass is 9.78. The lowest BCUT2D eigenvalue weighted by Crippen LogP contribution is -2.45. The van der Waals surface area contributed by atoms with E-state index in [1.165, 1.54) is 18.0 Å². The molecule has 0 unspecified atom stereocenters. The van der Waals surface area contributed by atoms with E-state index in [0.717, 1.165) is 23.2 Å². The molecule has 228 valence electrons. The molecule has 0 radical (unpaired) electrons. The standard InChI is InChI=1S/C31H34N8O5/c1-6-12-37-25(40)17-44-23-10-11-24(34-27(23)37)39-26-21(28(41)38(39)13-7-2)15-32-29(35-26)33-20-8-9-22-19(14-20)16-36(30(42)43-5)18-31(22,3)4/h7-11,14-15H,2,6,12-13,16-18H2,1,3-5H3,(H,32,33,35). The maximum Gasteiger partial charge on any atom is 0.409 e. The lowest BCUT2D eigenvalue weighted by Gasteiger charge is -2.39. The number of hydrogen-bond acceptors (Lipinski definition) is 9. The molecular weight excluding hydrogens is 564 g/mol. The highest BCUT2D eigenvalue weighted by molar-refractivity contribution is 5.96. The number of aromatic nitrogens is 5. The molecule has 4 aromatic rings. The molecule has 0 saturated heterocycles. The number of anilines is 3. The smallest absolute Gasteiger partial charge is 0.409 e. The Bertz CT molecular complexity index is 1860. The van der Waals surface area contributed by atoms with Crippen molar-refractivity contribution in [2.75, 3.05) is 37.0 Å². The molecule has 0 bridgehead atoms. The third-order valence-corrected chi connectivity index (χ3v) is 7.84. The van der Waals surface area contributed by atoms with Crippen LogP contribution in [0.4, 0.5) is 22.2 Å². The number of pyridine rings is 1. The van der Waals surface area contributed by atoms with Crippen LogP contribution < -0.4 is 20.5 Å². The Kier molecular flexibility index (Phi) is 7.31. The summed E-state index contributed by atoms with van der Waals surface area (Å²) in [5.41, 5.74) is 2.63. The van der Waals surface area contributed by atoms with Crippen LogP contribution in [0.1, 0.15) is 38.3 Å². The number of methoxy groups -OCH3 is 1. The van der Waals surface area contributed by atoms with Crippen LogP contribution in [0.25, 0.3) is 16.9 Å². The van der Waals surface area contributed by atoms with Crippen molar-refractivity contribution in [2.45, 2.75) is 45.7 Å². The number of rotatable bonds is 7. The predicted molar refractivity (Wildman–Crippen MR) is 165 cm³/mol. The topological polar surface area (TPSA) is 137 Å². The minimum Gasteiger partial charge on any atom is -0.480 e. The number of ether oxygens (including phenoxy) is 2. The van der Waals surface area contributed by atoms with Crippen LogP contribution in [-0.2, 0) is 28.0 Å². The lowest BCUT2D eigenvalue weighted by molar-refractivity contribution is -0.121. The minimum atomic E-state index is -0.373. The second-order valence-electron chi connectivity index (χ2n) is 11.5. The Hall–Kier alpha value is -5.20. The van der Waals surface area contributed by atoms with Gasteiger partial charge in [0.1, 0.15) is 5.39 Å². The Balaban J connectivity index is 1.41. The van der Waals surface area contributed by atoms with Crippen LogP contribution in [-0.4, -0.2) is 68.0 Å². The SMILES string of the molecule is C=CCn1c(=O)c2cnc(Nc3ccc4c(c3)CN(C(=O)OC)CC4(C)C)nc2n1-c1ccc2c(n1)N(CCC)C(=O)CO2. The van der Waals surface area contributed by atoms with E-state index in [1.807, 2.05) is 25.1 Å². The highest BCUT2D eigenvalue weighted by Gasteiger charge is 2.34. The molecular formula is C31H34N8O5. The number of allylic oxidation sites excluding steroid dienone is 1. The second-order valence-corrected chi connectivity index (χ2v) is 11.5. The third kappa shape index (κ3) is 4.93. The Morgan fingerprint density at radius 1 is 1.20 bits per heavy atom. The zero-order chi connectivity index (χ0) is 31.2. The van der Waals surface area contributed by atoms with Crippen molar-refractivity contribution in [3.05, 3.63) is 70.7 Å². The molecule has 13 heteroatoms. The first-order chi connectivity index (χ1) is 21.1. The second kappa shape index (κ2) is 11.1. The fourth-order valence-electron chi connectivity index (χ4n) is 5.92. The highest BCUT2D eigenvalue weighted by atomic mass is 16.5. The summed E-state index contributed by atoms with van der Waals surface area (Å²) in [6.07, 6.45) is 3.47. The summed E-state index contributed by atoms with van der Waals surface area (Å²) in [4.78, 5) is 55.6. The van der Waals surface area contributed by atoms with Gasteiger partial charge < -0.3 is 19.7 Å². The average molecular weight is 599 g/mol. The number of fused-ring (bicyclic) bond motifs is 3. The van der Waals surface area contributed by atoms with Gasteiger partial charge in [0, 0.05) is 36.9 Å². The Morgan fingerprint density at radius 2 is 2.02 bits per heavy atom. The van der Waals surface area contributed by atoms with Crippen LogP contribution in [0.5, 0.6) is 5.75 Å². The van der Waals surface area contributed by atoms with Gasteiger partial charge in [-0.15, -0.1) is 6.58 Å². The van der Waals surface area contributed by atoms with E-state index in [-0.39, 0.29) is 42.1 Å². The van der Waals surface area contributed by atoms with Crippen LogP contribution >= 0.6 is 0 Å². The molecule has 0 saturated carbocycles. The largest absolute Gasteiger partial charge is 0.480 e. The summed E-state index contributed by atoms with van der Waals surface area (Å²) in [5.74, 6) is 1.37. The van der Waals surface area contributed by atoms with Crippen LogP contribution in [0.15, 0.2) is 54.0 Å². The molecule has 0 fully saturated rings. The first-order valence-electron chi connectivity index (χ1n) is 14.4. The monoisotopic (exact) mass is 598 g/mol. The summed E-state index contributed by atoms with van der Waals surface area (Å²) < 4.78 is 13.7. The van der Waals surface area contributed by atoms with Crippen molar-refractivity contribution in [1.82, 2.24) is 29.2 Å². The fraction of sp³-hybridized carbons (Fsp3) is 0.355. The van der Waals surface area contributed by atoms with Gasteiger partial charge in [0.25, 0.3) is 11.5 Å². The van der Waals surface area contributed by atoms with E-state index < -0.39 is 0 Å². The molecule has 0 atom stereocenters. The maximum absolute atomic E-state index is 13.5. The fourth-order valence-corrected chi connectivity index (χ4v) is 5.92. The highest BCUT2D eigenvalue weighted by Crippen LogP contribution is 2.36. The van der Waals surface area contributed by atoms with Crippen molar-refractivity contribution in [1.29, 1.82) is 0 Å². The number of hydrogen-bond donors (Lipinski definition) is 1. The van der Waals surface area contributed by atoms with Crippen LogP contribution in [0.3, 0.4) is 0 Å². The molecule has 2 amide bonds. The van der Waals surface area contributed by atoms with Crippen LogP contribution in [0.2, 0.25) is 0 Å². The number of amides is 2. The molecule has 0 aliphatic carbocycles. The quantitative estimate of drug-likeness (QED) is 0.314. The van der Waals surface area contributed by atoms with Crippen molar-refractivity contribution in [3.63, 3.8) is 0 Å². The molecule has 3 aromatic heterocycles. The summed E-state index contributed by atoms with van der Waals surface area (Å²) >= 11 is 0. The molecule has 2 aliphatic rings. The van der Waals surface area contributed by atoms with Crippen molar-refractivity contribution in [3.8, 4) is 11.6 Å². The van der Waals surface area contributed by atoms with Gasteiger partial charge in [-0.05, 0) is 41.8 Å². The number of carbonyl (C=O) groups excluding carboxylic acids is 2. The molecule has 44 heavy (non-hydrogen) atoms. The van der Waals surface area contributed by atoms with E-state index in [1.54, 1.807) is 32.7 Å². The van der Waals surface area contributed by atoms with Gasteiger partial charge in [-0.3, -0.25) is 14.5 Å². The first-order valence-corrected chi connectivity index (χ1v) is 14.4. The van der Waals surface area contributed by atoms with E-state index in [0.29, 0.717) is 48.1 Å². The van der Waals surface area contributed by atoms with Crippen molar-refractivity contribution >= 4 is 40.5 Å². The van der Waals surface area contributed by atoms with E-state index >= 15 is 0 Å². The van der Waals surface area contributed by atoms with E-state index in [2.05, 4.69) is 30.7 Å². The third-order valence-electron chi connectivity index (χ3n) is 7.84. The molecule has 5 heterocycles. The van der Waals surface area contributed by atoms with Gasteiger partial charge in [0.15, 0.2) is 29.6 Å². The van der Waals surface area contributed by atoms with E-state index in [9.17, 15) is 14.4 Å². The van der Waals surface area contributed by atoms with Gasteiger partial charge in [-0.2, -0.15) is 4.98 Å². The van der Waals surface area contributed by atoms with E-state index in [4.69, 9.17) is 19.4 Å². The molecule has 6 rings (SSSR count). The van der Waals surface area contributed by atoms with Crippen molar-refractivity contribution in [2.24, 2.45) is 0 Å². The number of benzene rings is 1. The predicted octanol–water partition coefficient (Wildman–Crippen LogP) is 3.90. The number of nitrogens with zero attached hydrogens (tertiary/aromatic N) is 7. The first kappa shape index (κ1) is 28.9. The summed E-state index contributed by atoms with van der Waals surface area (Å²) in [6, 6.07) is 9.44.